The number of rotatable bonds is 28. The second kappa shape index (κ2) is 63.5. The fraction of sp³-hybridized carbons (Fsp3) is 0.658. The zero-order valence-electron chi connectivity index (χ0n) is 83.7. The van der Waals surface area contributed by atoms with Gasteiger partial charge in [0.15, 0.2) is 0 Å². The van der Waals surface area contributed by atoms with E-state index in [0.29, 0.717) is 70.1 Å². The molecule has 121 heavy (non-hydrogen) atoms. The Morgan fingerprint density at radius 2 is 0.537 bits per heavy atom. The van der Waals surface area contributed by atoms with E-state index in [1.165, 1.54) is 18.4 Å². The van der Waals surface area contributed by atoms with Gasteiger partial charge in [0, 0.05) is 101 Å². The number of carbonyl (C=O) groups excluding carboxylic acids is 4. The SMILES string of the molecule is C#CC#CC#CC#CC#CC#CC#CC#CC#CC#CC#C.CC(C)(C)CCC(C)(C)C.CC(C)(C)CCNC(=O)C(CC(=O)CC(C)(C)C)Cc1ccccc1.CC(C)(C)CCNC(=O)C(Cc1ccccc1)C(C)(C)C.CC(C)(C)CCNC(=O)CC(C)(C)C.CC(C)(C)CCOCCC(C)(C)C.CC(C)(C)CCOCCOCCC(C)(C)C. The lowest BCUT2D eigenvalue weighted by Crippen LogP contribution is -2.40. The summed E-state index contributed by atoms with van der Waals surface area (Å²) in [5.41, 5.74) is 5.63. The van der Waals surface area contributed by atoms with Gasteiger partial charge in [-0.15, -0.1) is 12.8 Å². The number of hydrogen-bond donors (Lipinski definition) is 3. The van der Waals surface area contributed by atoms with Gasteiger partial charge in [-0.2, -0.15) is 0 Å². The summed E-state index contributed by atoms with van der Waals surface area (Å²) in [5, 5.41) is 9.12. The van der Waals surface area contributed by atoms with Gasteiger partial charge in [-0.3, -0.25) is 19.2 Å². The van der Waals surface area contributed by atoms with Crippen LogP contribution in [0.5, 0.6) is 0 Å². The summed E-state index contributed by atoms with van der Waals surface area (Å²) in [6.07, 6.45) is 22.8. The zero-order valence-corrected chi connectivity index (χ0v) is 83.7. The molecule has 3 amide bonds. The van der Waals surface area contributed by atoms with Crippen LogP contribution in [0, 0.1) is 208 Å². The van der Waals surface area contributed by atoms with Gasteiger partial charge < -0.3 is 30.2 Å². The van der Waals surface area contributed by atoms with Crippen LogP contribution in [0.15, 0.2) is 60.7 Å². The number of carbonyl (C=O) groups is 4. The molecular formula is C111H171N3O7. The summed E-state index contributed by atoms with van der Waals surface area (Å²) >= 11 is 0. The number of hydrogen-bond acceptors (Lipinski definition) is 7. The first-order chi connectivity index (χ1) is 55.2. The van der Waals surface area contributed by atoms with Crippen LogP contribution in [0.1, 0.15) is 337 Å². The minimum absolute atomic E-state index is 0.000122. The maximum absolute atomic E-state index is 12.7. The molecular weight excluding hydrogens is 1490 g/mol. The predicted molar refractivity (Wildman–Crippen MR) is 520 cm³/mol. The number of nitrogens with one attached hydrogen (secondary N) is 3. The molecule has 10 heteroatoms. The molecule has 0 spiro atoms. The van der Waals surface area contributed by atoms with E-state index in [1.54, 1.807) is 0 Å². The molecule has 0 saturated carbocycles. The molecule has 0 saturated heterocycles. The normalized spacial score (nSPS) is 11.6. The van der Waals surface area contributed by atoms with E-state index in [4.69, 9.17) is 27.1 Å². The van der Waals surface area contributed by atoms with Crippen LogP contribution in [0.2, 0.25) is 0 Å². The van der Waals surface area contributed by atoms with Gasteiger partial charge in [-0.05, 0) is 241 Å². The summed E-state index contributed by atoms with van der Waals surface area (Å²) in [5.74, 6) is 48.4. The summed E-state index contributed by atoms with van der Waals surface area (Å²) in [7, 11) is 0. The molecule has 0 aliphatic carbocycles. The van der Waals surface area contributed by atoms with Crippen molar-refractivity contribution in [3.63, 3.8) is 0 Å². The highest BCUT2D eigenvalue weighted by atomic mass is 16.5. The van der Waals surface area contributed by atoms with Crippen LogP contribution in [0.3, 0.4) is 0 Å². The lowest BCUT2D eigenvalue weighted by molar-refractivity contribution is -0.130. The Balaban J connectivity index is -0.000000440. The van der Waals surface area contributed by atoms with Crippen molar-refractivity contribution in [2.75, 3.05) is 59.3 Å². The molecule has 10 nitrogen and oxygen atoms in total. The van der Waals surface area contributed by atoms with E-state index >= 15 is 0 Å². The van der Waals surface area contributed by atoms with Crippen molar-refractivity contribution >= 4 is 23.5 Å². The topological polar surface area (TPSA) is 132 Å². The lowest BCUT2D eigenvalue weighted by atomic mass is 9.76. The second-order valence-electron chi connectivity index (χ2n) is 45.3. The first-order valence-electron chi connectivity index (χ1n) is 43.8. The molecule has 3 N–H and O–H groups in total. The molecule has 0 aliphatic heterocycles. The van der Waals surface area contributed by atoms with Crippen molar-refractivity contribution in [3.8, 4) is 131 Å². The number of amides is 3. The van der Waals surface area contributed by atoms with E-state index < -0.39 is 0 Å². The Morgan fingerprint density at radius 3 is 0.793 bits per heavy atom. The quantitative estimate of drug-likeness (QED) is 0.0571. The van der Waals surface area contributed by atoms with E-state index in [2.05, 4.69) is 396 Å². The Morgan fingerprint density at radius 1 is 0.289 bits per heavy atom. The third kappa shape index (κ3) is 104. The molecule has 0 aliphatic rings. The van der Waals surface area contributed by atoms with E-state index in [-0.39, 0.29) is 62.4 Å². The van der Waals surface area contributed by atoms with Gasteiger partial charge in [0.05, 0.1) is 13.2 Å². The van der Waals surface area contributed by atoms with Gasteiger partial charge in [0.25, 0.3) is 0 Å². The zero-order chi connectivity index (χ0) is 94.3. The molecule has 2 atom stereocenters. The Hall–Kier alpha value is -8.44. The molecule has 0 aromatic heterocycles. The van der Waals surface area contributed by atoms with Crippen LogP contribution in [-0.2, 0) is 46.2 Å². The predicted octanol–water partition coefficient (Wildman–Crippen LogP) is 24.1. The summed E-state index contributed by atoms with van der Waals surface area (Å²) in [4.78, 5) is 49.1. The van der Waals surface area contributed by atoms with Crippen LogP contribution < -0.4 is 16.0 Å². The monoisotopic (exact) mass is 1660 g/mol. The fourth-order valence-electron chi connectivity index (χ4n) is 9.51. The summed E-state index contributed by atoms with van der Waals surface area (Å²) in [6, 6.07) is 20.2. The standard InChI is InChI=1S/C22H35NO2.C22H2.C19H31NO.C14H30O2.C12H25NO.C12H26O.C10H22/c1-21(2,3)12-13-23-20(25)18(14-17-10-8-7-9-11-17)15-19(24)16-22(4,5)6;1-3-5-7-9-11-13-15-17-19-21-22-20-18-16-14-12-10-8-6-4-2;1-18(2,3)12-13-20-17(21)16(19(4,5)6)14-15-10-8-7-9-11-15;1-13(2,3)7-9-15-11-12-16-10-8-14(4,5)6;1-11(2,3)7-8-13-10(14)9-12(4,5)6;1-11(2,3)7-9-13-10-8-12(4,5)6;1-9(2,3)7-8-10(4,5)6/h7-11,18H,12-16H2,1-6H3,(H,23,25);1-2H;7-11,16H,12-14H2,1-6H3,(H,20,21);7-12H2,1-6H3;7-9H2,1-6H3,(H,13,14);7-10H2,1-6H3;7-8H2,1-6H3. The highest BCUT2D eigenvalue weighted by Crippen LogP contribution is 2.32. The molecule has 0 radical (unpaired) electrons. The lowest BCUT2D eigenvalue weighted by Gasteiger charge is -2.30. The molecule has 0 heterocycles. The average molecular weight is 1660 g/mol. The van der Waals surface area contributed by atoms with Gasteiger partial charge >= 0.3 is 0 Å². The number of ketones is 1. The van der Waals surface area contributed by atoms with Crippen molar-refractivity contribution < 1.29 is 33.4 Å². The van der Waals surface area contributed by atoms with E-state index in [1.807, 2.05) is 48.5 Å². The molecule has 0 fully saturated rings. The largest absolute Gasteiger partial charge is 0.381 e. The molecule has 2 aromatic carbocycles. The van der Waals surface area contributed by atoms with Gasteiger partial charge in [-0.1, -0.05) is 310 Å². The van der Waals surface area contributed by atoms with E-state index in [0.717, 1.165) is 110 Å². The van der Waals surface area contributed by atoms with Crippen LogP contribution >= 0.6 is 0 Å². The fourth-order valence-corrected chi connectivity index (χ4v) is 9.51. The molecule has 2 aromatic rings. The minimum Gasteiger partial charge on any atom is -0.381 e. The molecule has 2 rings (SSSR count). The molecule has 0 bridgehead atoms. The van der Waals surface area contributed by atoms with Crippen LogP contribution in [-0.4, -0.2) is 82.8 Å². The smallest absolute Gasteiger partial charge is 0.223 e. The number of Topliss-reactive ketones (excluding diaryl/α,β-unsaturated/α-hetero) is 1. The Labute approximate surface area is 746 Å². The minimum atomic E-state index is -0.294. The third-order valence-corrected chi connectivity index (χ3v) is 17.0. The van der Waals surface area contributed by atoms with E-state index in [9.17, 15) is 19.2 Å². The van der Waals surface area contributed by atoms with Crippen molar-refractivity contribution in [1.82, 2.24) is 16.0 Å². The van der Waals surface area contributed by atoms with Gasteiger partial charge in [-0.25, -0.2) is 0 Å². The molecule has 2 unspecified atom stereocenters. The maximum atomic E-state index is 12.7. The summed E-state index contributed by atoms with van der Waals surface area (Å²) < 4.78 is 16.6. The first-order valence-corrected chi connectivity index (χ1v) is 43.8. The average Bonchev–Trinajstić information content (AvgIpc) is 0.850. The second-order valence-corrected chi connectivity index (χ2v) is 45.3. The maximum Gasteiger partial charge on any atom is 0.223 e. The number of benzene rings is 2. The van der Waals surface area contributed by atoms with Gasteiger partial charge in [0.2, 0.25) is 17.7 Å². The van der Waals surface area contributed by atoms with Crippen molar-refractivity contribution in [2.24, 2.45) is 76.8 Å². The summed E-state index contributed by atoms with van der Waals surface area (Å²) in [6.45, 7) is 86.3. The first kappa shape index (κ1) is 121. The number of ether oxygens (including phenoxy) is 3. The van der Waals surface area contributed by atoms with Crippen molar-refractivity contribution in [1.29, 1.82) is 0 Å². The highest BCUT2D eigenvalue weighted by molar-refractivity contribution is 5.87. The highest BCUT2D eigenvalue weighted by Gasteiger charge is 2.32. The van der Waals surface area contributed by atoms with Gasteiger partial charge in [0.1, 0.15) is 5.78 Å². The van der Waals surface area contributed by atoms with Crippen molar-refractivity contribution in [2.45, 2.75) is 339 Å². The van der Waals surface area contributed by atoms with Crippen LogP contribution in [0.25, 0.3) is 0 Å². The Bertz CT molecular complexity index is 3780. The number of terminal acetylenes is 2. The third-order valence-electron chi connectivity index (χ3n) is 17.0. The molecule has 672 valence electrons. The Kier molecular flexibility index (Phi) is 63.5. The van der Waals surface area contributed by atoms with Crippen LogP contribution in [0.4, 0.5) is 0 Å². The van der Waals surface area contributed by atoms with Crippen molar-refractivity contribution in [3.05, 3.63) is 71.8 Å².